The van der Waals surface area contributed by atoms with Crippen molar-refractivity contribution in [2.45, 2.75) is 31.3 Å². The number of H-pyrrole nitrogens is 1. The maximum Gasteiger partial charge on any atom is 0.330 e. The maximum atomic E-state index is 12.0. The predicted octanol–water partition coefficient (Wildman–Crippen LogP) is -2.54. The van der Waals surface area contributed by atoms with Crippen LogP contribution in [0.1, 0.15) is 22.8 Å². The monoisotopic (exact) mass is 266 g/mol. The number of aromatic nitrogens is 2. The Morgan fingerprint density at radius 1 is 1.67 bits per heavy atom. The average molecular weight is 266 g/mol. The highest BCUT2D eigenvalue weighted by molar-refractivity contribution is 5.03. The van der Waals surface area contributed by atoms with Crippen molar-refractivity contribution in [1.29, 1.82) is 0 Å². The molecule has 2 heterocycles. The third-order valence-electron chi connectivity index (χ3n) is 2.26. The van der Waals surface area contributed by atoms with Gasteiger partial charge < -0.3 is 20.1 Å². The molecule has 8 nitrogen and oxygen atoms in total. The zero-order valence-corrected chi connectivity index (χ0v) is 8.67. The summed E-state index contributed by atoms with van der Waals surface area (Å²) in [6.07, 6.45) is -13.4. The van der Waals surface area contributed by atoms with E-state index in [0.29, 0.717) is 0 Å². The Labute approximate surface area is 112 Å². The molecular formula is C10H14N2O6. The van der Waals surface area contributed by atoms with E-state index in [-0.39, 0.29) is 4.57 Å². The molecule has 18 heavy (non-hydrogen) atoms. The van der Waals surface area contributed by atoms with Gasteiger partial charge in [-0.25, -0.2) is 4.79 Å². The molecule has 0 amide bonds. The van der Waals surface area contributed by atoms with Crippen LogP contribution in [0.2, 0.25) is 0 Å². The summed E-state index contributed by atoms with van der Waals surface area (Å²) in [4.78, 5) is 25.3. The first-order valence-corrected chi connectivity index (χ1v) is 4.62. The molecule has 1 aromatic rings. The van der Waals surface area contributed by atoms with Gasteiger partial charge in [-0.05, 0) is 6.85 Å². The zero-order valence-electron chi connectivity index (χ0n) is 16.7. The zero-order chi connectivity index (χ0) is 20.5. The van der Waals surface area contributed by atoms with Gasteiger partial charge in [0.1, 0.15) is 18.3 Å². The first-order valence-electron chi connectivity index (χ1n) is 8.62. The van der Waals surface area contributed by atoms with Gasteiger partial charge in [-0.3, -0.25) is 14.3 Å². The lowest BCUT2D eigenvalue weighted by atomic mass is 10.1. The SMILES string of the molecule is [2H]c1c(C([2H])([2H])[2H])c(=O)[nH]c(=O)n1[C@@H]1O[C@H](C([2H])([2H])O)[C@@]([2H])(O)[C@@]1([2H])O. The number of hydrogen-bond acceptors (Lipinski definition) is 6. The second-order valence-corrected chi connectivity index (χ2v) is 3.38. The van der Waals surface area contributed by atoms with Crippen molar-refractivity contribution in [3.8, 4) is 0 Å². The van der Waals surface area contributed by atoms with Crippen molar-refractivity contribution < 1.29 is 31.0 Å². The van der Waals surface area contributed by atoms with E-state index in [1.165, 1.54) is 0 Å². The Kier molecular flexibility index (Phi) is 1.58. The van der Waals surface area contributed by atoms with Crippen LogP contribution in [0.4, 0.5) is 0 Å². The van der Waals surface area contributed by atoms with E-state index < -0.39 is 60.9 Å². The van der Waals surface area contributed by atoms with Crippen molar-refractivity contribution >= 4 is 0 Å². The number of nitrogens with zero attached hydrogens (tertiary/aromatic N) is 1. The van der Waals surface area contributed by atoms with E-state index in [9.17, 15) is 24.9 Å². The number of nitrogens with one attached hydrogen (secondary N) is 1. The van der Waals surface area contributed by atoms with Crippen LogP contribution < -0.4 is 11.2 Å². The molecule has 0 aromatic carbocycles. The molecule has 0 radical (unpaired) electrons. The molecule has 2 rings (SSSR count). The van der Waals surface area contributed by atoms with Crippen LogP contribution in [0, 0.1) is 6.85 Å². The lowest BCUT2D eigenvalue weighted by Crippen LogP contribution is -2.38. The fraction of sp³-hybridized carbons (Fsp3) is 0.600. The first kappa shape index (κ1) is 6.11. The van der Waals surface area contributed by atoms with Gasteiger partial charge in [0.05, 0.1) is 13.4 Å². The van der Waals surface area contributed by atoms with E-state index in [1.807, 2.05) is 0 Å². The van der Waals surface area contributed by atoms with Crippen LogP contribution in [0.3, 0.4) is 0 Å². The number of rotatable bonds is 2. The van der Waals surface area contributed by atoms with Crippen molar-refractivity contribution in [3.63, 3.8) is 0 Å². The Morgan fingerprint density at radius 3 is 2.94 bits per heavy atom. The molecule has 1 fully saturated rings. The Hall–Kier alpha value is -1.48. The third-order valence-corrected chi connectivity index (χ3v) is 2.26. The Morgan fingerprint density at radius 2 is 2.39 bits per heavy atom. The van der Waals surface area contributed by atoms with Gasteiger partial charge in [-0.15, -0.1) is 0 Å². The second-order valence-electron chi connectivity index (χ2n) is 3.38. The van der Waals surface area contributed by atoms with Crippen LogP contribution >= 0.6 is 0 Å². The number of hydrogen-bond donors (Lipinski definition) is 4. The van der Waals surface area contributed by atoms with Crippen LogP contribution in [0.5, 0.6) is 0 Å². The summed E-state index contributed by atoms with van der Waals surface area (Å²) in [5.74, 6) is 0. The molecule has 0 aliphatic carbocycles. The molecule has 1 aliphatic rings. The highest BCUT2D eigenvalue weighted by atomic mass is 16.6. The highest BCUT2D eigenvalue weighted by Gasteiger charge is 2.43. The van der Waals surface area contributed by atoms with Gasteiger partial charge in [0.25, 0.3) is 5.56 Å². The molecule has 1 aromatic heterocycles. The minimum Gasteiger partial charge on any atom is -0.394 e. The third kappa shape index (κ3) is 1.99. The normalized spacial score (nSPS) is 47.9. The molecule has 0 saturated carbocycles. The summed E-state index contributed by atoms with van der Waals surface area (Å²) in [5, 5.41) is 29.5. The van der Waals surface area contributed by atoms with E-state index in [2.05, 4.69) is 0 Å². The molecule has 0 spiro atoms. The molecule has 8 heteroatoms. The van der Waals surface area contributed by atoms with Crippen molar-refractivity contribution in [3.05, 3.63) is 32.6 Å². The highest BCUT2D eigenvalue weighted by Crippen LogP contribution is 2.27. The summed E-state index contributed by atoms with van der Waals surface area (Å²) in [6, 6.07) is 0. The minimum absolute atomic E-state index is 0.0264. The van der Waals surface area contributed by atoms with Crippen molar-refractivity contribution in [1.82, 2.24) is 9.55 Å². The Balaban J connectivity index is 2.77. The van der Waals surface area contributed by atoms with Crippen molar-refractivity contribution in [2.24, 2.45) is 0 Å². The molecule has 4 atom stereocenters. The molecule has 0 bridgehead atoms. The van der Waals surface area contributed by atoms with E-state index in [1.54, 1.807) is 4.98 Å². The van der Waals surface area contributed by atoms with Crippen LogP contribution in [0.15, 0.2) is 15.8 Å². The van der Waals surface area contributed by atoms with Crippen molar-refractivity contribution in [2.75, 3.05) is 6.56 Å². The fourth-order valence-electron chi connectivity index (χ4n) is 1.40. The van der Waals surface area contributed by atoms with E-state index >= 15 is 0 Å². The van der Waals surface area contributed by atoms with Crippen LogP contribution in [0.25, 0.3) is 0 Å². The number of ether oxygens (including phenoxy) is 1. The quantitative estimate of drug-likeness (QED) is 0.467. The maximum absolute atomic E-state index is 12.0. The largest absolute Gasteiger partial charge is 0.394 e. The van der Waals surface area contributed by atoms with Gasteiger partial charge in [-0.1, -0.05) is 0 Å². The van der Waals surface area contributed by atoms with Gasteiger partial charge in [0.2, 0.25) is 0 Å². The van der Waals surface area contributed by atoms with Gasteiger partial charge in [0, 0.05) is 15.8 Å². The molecule has 1 aliphatic heterocycles. The van der Waals surface area contributed by atoms with Gasteiger partial charge in [0.15, 0.2) is 6.23 Å². The van der Waals surface area contributed by atoms with E-state index in [0.717, 1.165) is 0 Å². The average Bonchev–Trinajstić information content (AvgIpc) is 2.55. The second kappa shape index (κ2) is 4.65. The molecule has 100 valence electrons. The molecule has 0 unspecified atom stereocenters. The van der Waals surface area contributed by atoms with E-state index in [4.69, 9.17) is 15.7 Å². The number of aliphatic hydroxyl groups is 3. The summed E-state index contributed by atoms with van der Waals surface area (Å²) in [6.45, 7) is -6.64. The van der Waals surface area contributed by atoms with Gasteiger partial charge in [-0.2, -0.15) is 0 Å². The van der Waals surface area contributed by atoms with Crippen LogP contribution in [-0.4, -0.2) is 49.7 Å². The summed E-state index contributed by atoms with van der Waals surface area (Å²) >= 11 is 0. The number of aromatic amines is 1. The summed E-state index contributed by atoms with van der Waals surface area (Å²) in [5.41, 5.74) is -4.14. The first-order chi connectivity index (χ1) is 11.4. The molecular weight excluding hydrogens is 244 g/mol. The minimum atomic E-state index is -3.53. The molecule has 1 saturated heterocycles. The standard InChI is InChI=1S/C10H14N2O6/c1-4-2-12(10(17)11-8(4)16)9-7(15)6(14)5(3-13)18-9/h2,5-7,9,13-15H,3H2,1H3,(H,11,16,17)/t5-,6-,7-,9-/m1/s1/i1D3,2D,3D2,6D,7D. The summed E-state index contributed by atoms with van der Waals surface area (Å²) in [7, 11) is 0. The summed E-state index contributed by atoms with van der Waals surface area (Å²) < 4.78 is 63.8. The topological polar surface area (TPSA) is 125 Å². The van der Waals surface area contributed by atoms with Gasteiger partial charge >= 0.3 is 5.69 Å². The smallest absolute Gasteiger partial charge is 0.330 e. The Bertz CT molecular complexity index is 838. The van der Waals surface area contributed by atoms with Crippen LogP contribution in [-0.2, 0) is 4.74 Å². The predicted molar refractivity (Wildman–Crippen MR) is 59.1 cm³/mol. The lowest BCUT2D eigenvalue weighted by molar-refractivity contribution is -0.0551. The molecule has 4 N–H and O–H groups in total. The fourth-order valence-corrected chi connectivity index (χ4v) is 1.40. The lowest BCUT2D eigenvalue weighted by Gasteiger charge is -2.17.